The van der Waals surface area contributed by atoms with Gasteiger partial charge < -0.3 is 14.4 Å². The number of benzene rings is 1. The van der Waals surface area contributed by atoms with Gasteiger partial charge in [-0.3, -0.25) is 0 Å². The normalized spacial score (nSPS) is 10.3. The van der Waals surface area contributed by atoms with Gasteiger partial charge in [0.05, 0.1) is 13.7 Å². The zero-order valence-corrected chi connectivity index (χ0v) is 13.0. The van der Waals surface area contributed by atoms with Crippen molar-refractivity contribution in [3.05, 3.63) is 41.7 Å². The number of likely N-dealkylation sites (N-methyl/N-ethyl adjacent to an activating group) is 1. The largest absolute Gasteiger partial charge is 0.493 e. The molecule has 1 aromatic carbocycles. The van der Waals surface area contributed by atoms with E-state index in [9.17, 15) is 0 Å². The molecule has 0 atom stereocenters. The molecule has 0 radical (unpaired) electrons. The van der Waals surface area contributed by atoms with E-state index in [-0.39, 0.29) is 0 Å². The molecular formula is C16H21N3O2. The Morgan fingerprint density at radius 2 is 1.67 bits per heavy atom. The Balaban J connectivity index is 1.93. The van der Waals surface area contributed by atoms with E-state index in [1.807, 2.05) is 56.1 Å². The van der Waals surface area contributed by atoms with Crippen LogP contribution in [0.4, 0.5) is 5.95 Å². The van der Waals surface area contributed by atoms with Gasteiger partial charge in [0.25, 0.3) is 0 Å². The highest BCUT2D eigenvalue weighted by molar-refractivity contribution is 5.39. The Kier molecular flexibility index (Phi) is 4.98. The maximum absolute atomic E-state index is 5.76. The number of ether oxygens (including phenoxy) is 2. The molecule has 2 rings (SSSR count). The first-order valence-corrected chi connectivity index (χ1v) is 6.89. The van der Waals surface area contributed by atoms with E-state index in [2.05, 4.69) is 9.97 Å². The number of hydrogen-bond donors (Lipinski definition) is 0. The van der Waals surface area contributed by atoms with Crippen LogP contribution in [0.15, 0.2) is 30.3 Å². The third-order valence-corrected chi connectivity index (χ3v) is 3.07. The fourth-order valence-corrected chi connectivity index (χ4v) is 2.01. The number of aromatic nitrogens is 2. The quantitative estimate of drug-likeness (QED) is 0.817. The molecule has 0 amide bonds. The summed E-state index contributed by atoms with van der Waals surface area (Å²) in [6.45, 7) is 5.17. The summed E-state index contributed by atoms with van der Waals surface area (Å²) in [5.74, 6) is 2.20. The van der Waals surface area contributed by atoms with Crippen LogP contribution in [0, 0.1) is 13.8 Å². The van der Waals surface area contributed by atoms with E-state index in [1.54, 1.807) is 7.11 Å². The van der Waals surface area contributed by atoms with Crippen LogP contribution in [-0.4, -0.2) is 37.3 Å². The van der Waals surface area contributed by atoms with Gasteiger partial charge in [-0.1, -0.05) is 12.1 Å². The molecule has 112 valence electrons. The molecular weight excluding hydrogens is 266 g/mol. The molecule has 0 aliphatic carbocycles. The van der Waals surface area contributed by atoms with Crippen LogP contribution < -0.4 is 14.4 Å². The highest BCUT2D eigenvalue weighted by atomic mass is 16.5. The smallest absolute Gasteiger partial charge is 0.225 e. The number of methoxy groups -OCH3 is 1. The number of anilines is 1. The lowest BCUT2D eigenvalue weighted by molar-refractivity contribution is 0.300. The first kappa shape index (κ1) is 15.1. The second kappa shape index (κ2) is 6.92. The van der Waals surface area contributed by atoms with Crippen LogP contribution in [-0.2, 0) is 0 Å². The van der Waals surface area contributed by atoms with E-state index in [0.29, 0.717) is 13.2 Å². The van der Waals surface area contributed by atoms with Crippen LogP contribution in [0.3, 0.4) is 0 Å². The van der Waals surface area contributed by atoms with Crippen molar-refractivity contribution in [2.45, 2.75) is 13.8 Å². The van der Waals surface area contributed by atoms with Crippen molar-refractivity contribution < 1.29 is 9.47 Å². The van der Waals surface area contributed by atoms with Crippen molar-refractivity contribution in [2.75, 3.05) is 32.2 Å². The van der Waals surface area contributed by atoms with Gasteiger partial charge in [0.1, 0.15) is 6.61 Å². The zero-order chi connectivity index (χ0) is 15.2. The Bertz CT molecular complexity index is 582. The standard InChI is InChI=1S/C16H21N3O2/c1-12-11-13(2)18-16(17-12)19(3)9-10-21-15-8-6-5-7-14(15)20-4/h5-8,11H,9-10H2,1-4H3. The summed E-state index contributed by atoms with van der Waals surface area (Å²) < 4.78 is 11.0. The summed E-state index contributed by atoms with van der Waals surface area (Å²) in [5, 5.41) is 0. The molecule has 0 bridgehead atoms. The number of para-hydroxylation sites is 2. The monoisotopic (exact) mass is 287 g/mol. The molecule has 5 nitrogen and oxygen atoms in total. The molecule has 0 saturated heterocycles. The van der Waals surface area contributed by atoms with Crippen LogP contribution in [0.25, 0.3) is 0 Å². The van der Waals surface area contributed by atoms with Gasteiger partial charge in [0.15, 0.2) is 11.5 Å². The minimum Gasteiger partial charge on any atom is -0.493 e. The molecule has 0 spiro atoms. The van der Waals surface area contributed by atoms with Gasteiger partial charge in [-0.2, -0.15) is 0 Å². The molecule has 0 fully saturated rings. The van der Waals surface area contributed by atoms with Gasteiger partial charge in [0, 0.05) is 18.4 Å². The van der Waals surface area contributed by atoms with Gasteiger partial charge in [-0.25, -0.2) is 9.97 Å². The summed E-state index contributed by atoms with van der Waals surface area (Å²) in [4.78, 5) is 10.8. The summed E-state index contributed by atoms with van der Waals surface area (Å²) in [6.07, 6.45) is 0. The Hall–Kier alpha value is -2.30. The third kappa shape index (κ3) is 4.08. The molecule has 1 aromatic heterocycles. The van der Waals surface area contributed by atoms with Crippen LogP contribution in [0.2, 0.25) is 0 Å². The minimum absolute atomic E-state index is 0.535. The van der Waals surface area contributed by atoms with Crippen LogP contribution in [0.1, 0.15) is 11.4 Å². The predicted octanol–water partition coefficient (Wildman–Crippen LogP) is 2.62. The second-order valence-electron chi connectivity index (χ2n) is 4.87. The first-order chi connectivity index (χ1) is 10.1. The van der Waals surface area contributed by atoms with E-state index >= 15 is 0 Å². The lowest BCUT2D eigenvalue weighted by atomic mass is 10.3. The van der Waals surface area contributed by atoms with Crippen molar-refractivity contribution in [2.24, 2.45) is 0 Å². The Labute approximate surface area is 125 Å². The fraction of sp³-hybridized carbons (Fsp3) is 0.375. The third-order valence-electron chi connectivity index (χ3n) is 3.07. The van der Waals surface area contributed by atoms with Gasteiger partial charge in [-0.15, -0.1) is 0 Å². The number of aryl methyl sites for hydroxylation is 2. The lowest BCUT2D eigenvalue weighted by Crippen LogP contribution is -2.26. The SMILES string of the molecule is COc1ccccc1OCCN(C)c1nc(C)cc(C)n1. The number of rotatable bonds is 6. The molecule has 0 aliphatic heterocycles. The maximum atomic E-state index is 5.76. The van der Waals surface area contributed by atoms with Gasteiger partial charge >= 0.3 is 0 Å². The molecule has 5 heteroatoms. The summed E-state index contributed by atoms with van der Waals surface area (Å²) in [7, 11) is 3.59. The van der Waals surface area contributed by atoms with E-state index in [1.165, 1.54) is 0 Å². The lowest BCUT2D eigenvalue weighted by Gasteiger charge is -2.18. The molecule has 0 aliphatic rings. The van der Waals surface area contributed by atoms with Crippen molar-refractivity contribution >= 4 is 5.95 Å². The average Bonchev–Trinajstić information content (AvgIpc) is 2.46. The molecule has 2 aromatic rings. The fourth-order valence-electron chi connectivity index (χ4n) is 2.01. The number of hydrogen-bond acceptors (Lipinski definition) is 5. The van der Waals surface area contributed by atoms with Crippen molar-refractivity contribution in [3.8, 4) is 11.5 Å². The summed E-state index contributed by atoms with van der Waals surface area (Å²) in [5.41, 5.74) is 1.94. The summed E-state index contributed by atoms with van der Waals surface area (Å²) >= 11 is 0. The van der Waals surface area contributed by atoms with Crippen molar-refractivity contribution in [1.29, 1.82) is 0 Å². The molecule has 21 heavy (non-hydrogen) atoms. The average molecular weight is 287 g/mol. The maximum Gasteiger partial charge on any atom is 0.225 e. The van der Waals surface area contributed by atoms with Crippen molar-refractivity contribution in [3.63, 3.8) is 0 Å². The van der Waals surface area contributed by atoms with Gasteiger partial charge in [0.2, 0.25) is 5.95 Å². The summed E-state index contributed by atoms with van der Waals surface area (Å²) in [6, 6.07) is 9.58. The Morgan fingerprint density at radius 3 is 2.29 bits per heavy atom. The highest BCUT2D eigenvalue weighted by Gasteiger charge is 2.07. The highest BCUT2D eigenvalue weighted by Crippen LogP contribution is 2.25. The molecule has 0 N–H and O–H groups in total. The predicted molar refractivity (Wildman–Crippen MR) is 83.3 cm³/mol. The number of nitrogens with zero attached hydrogens (tertiary/aromatic N) is 3. The Morgan fingerprint density at radius 1 is 1.05 bits per heavy atom. The van der Waals surface area contributed by atoms with Crippen LogP contribution >= 0.6 is 0 Å². The van der Waals surface area contributed by atoms with E-state index < -0.39 is 0 Å². The molecule has 0 unspecified atom stereocenters. The zero-order valence-electron chi connectivity index (χ0n) is 13.0. The molecule has 0 saturated carbocycles. The topological polar surface area (TPSA) is 47.5 Å². The molecule has 1 heterocycles. The van der Waals surface area contributed by atoms with Crippen LogP contribution in [0.5, 0.6) is 11.5 Å². The first-order valence-electron chi connectivity index (χ1n) is 6.89. The second-order valence-corrected chi connectivity index (χ2v) is 4.87. The van der Waals surface area contributed by atoms with E-state index in [4.69, 9.17) is 9.47 Å². The van der Waals surface area contributed by atoms with Gasteiger partial charge in [-0.05, 0) is 32.0 Å². The minimum atomic E-state index is 0.535. The van der Waals surface area contributed by atoms with E-state index in [0.717, 1.165) is 28.8 Å². The van der Waals surface area contributed by atoms with Crippen molar-refractivity contribution in [1.82, 2.24) is 9.97 Å².